The Morgan fingerprint density at radius 2 is 1.75 bits per heavy atom. The summed E-state index contributed by atoms with van der Waals surface area (Å²) >= 11 is 0. The lowest BCUT2D eigenvalue weighted by Gasteiger charge is -2.56. The smallest absolute Gasteiger partial charge is 0.422 e. The van der Waals surface area contributed by atoms with E-state index in [0.29, 0.717) is 5.56 Å². The first-order valence-corrected chi connectivity index (χ1v) is 11.2. The molecule has 1 heterocycles. The van der Waals surface area contributed by atoms with Gasteiger partial charge in [0.1, 0.15) is 0 Å². The highest BCUT2D eigenvalue weighted by atomic mass is 19.4. The van der Waals surface area contributed by atoms with E-state index in [1.165, 1.54) is 31.5 Å². The summed E-state index contributed by atoms with van der Waals surface area (Å²) in [6.07, 6.45) is 4.08. The molecule has 3 amide bonds. The van der Waals surface area contributed by atoms with Gasteiger partial charge in [0, 0.05) is 37.3 Å². The van der Waals surface area contributed by atoms with E-state index >= 15 is 0 Å². The molecule has 0 saturated heterocycles. The number of ether oxygens (including phenoxy) is 1. The van der Waals surface area contributed by atoms with E-state index in [9.17, 15) is 22.8 Å². The van der Waals surface area contributed by atoms with Gasteiger partial charge < -0.3 is 20.7 Å². The summed E-state index contributed by atoms with van der Waals surface area (Å²) in [5.41, 5.74) is 0.493. The summed E-state index contributed by atoms with van der Waals surface area (Å²) in [5, 5.41) is 8.66. The Morgan fingerprint density at radius 3 is 2.38 bits per heavy atom. The highest BCUT2D eigenvalue weighted by molar-refractivity contribution is 5.78. The minimum Gasteiger partial charge on any atom is -0.468 e. The maximum Gasteiger partial charge on any atom is 0.422 e. The number of hydrogen-bond donors (Lipinski definition) is 3. The van der Waals surface area contributed by atoms with Gasteiger partial charge in [0.15, 0.2) is 6.61 Å². The first-order valence-electron chi connectivity index (χ1n) is 11.2. The van der Waals surface area contributed by atoms with Crippen LogP contribution in [0.1, 0.15) is 50.5 Å². The number of urea groups is 1. The predicted molar refractivity (Wildman–Crippen MR) is 110 cm³/mol. The van der Waals surface area contributed by atoms with Crippen molar-refractivity contribution in [1.29, 1.82) is 0 Å². The number of aromatic nitrogens is 1. The molecular weight excluding hydrogens is 425 g/mol. The van der Waals surface area contributed by atoms with Crippen molar-refractivity contribution >= 4 is 11.9 Å². The molecule has 5 rings (SSSR count). The van der Waals surface area contributed by atoms with Gasteiger partial charge in [-0.25, -0.2) is 9.78 Å². The monoisotopic (exact) mass is 454 g/mol. The number of carbonyl (C=O) groups is 2. The zero-order valence-electron chi connectivity index (χ0n) is 17.8. The van der Waals surface area contributed by atoms with Gasteiger partial charge in [-0.1, -0.05) is 0 Å². The second-order valence-corrected chi connectivity index (χ2v) is 9.51. The molecule has 4 bridgehead atoms. The summed E-state index contributed by atoms with van der Waals surface area (Å²) < 4.78 is 41.3. The molecule has 0 unspecified atom stereocenters. The average Bonchev–Trinajstić information content (AvgIpc) is 2.69. The van der Waals surface area contributed by atoms with Crippen molar-refractivity contribution in [3.05, 3.63) is 23.9 Å². The zero-order chi connectivity index (χ0) is 22.8. The van der Waals surface area contributed by atoms with Crippen LogP contribution in [0.15, 0.2) is 18.3 Å². The van der Waals surface area contributed by atoms with Crippen molar-refractivity contribution in [2.24, 2.45) is 17.8 Å². The van der Waals surface area contributed by atoms with E-state index in [-0.39, 0.29) is 42.9 Å². The van der Waals surface area contributed by atoms with Gasteiger partial charge in [0.05, 0.1) is 0 Å². The lowest BCUT2D eigenvalue weighted by Crippen LogP contribution is -2.61. The van der Waals surface area contributed by atoms with Crippen molar-refractivity contribution in [3.8, 4) is 5.88 Å². The predicted octanol–water partition coefficient (Wildman–Crippen LogP) is 3.30. The lowest BCUT2D eigenvalue weighted by molar-refractivity contribution is -0.154. The minimum absolute atomic E-state index is 0.0751. The number of rotatable bonds is 8. The topological polar surface area (TPSA) is 92.4 Å². The van der Waals surface area contributed by atoms with E-state index in [1.807, 2.05) is 0 Å². The quantitative estimate of drug-likeness (QED) is 0.562. The average molecular weight is 454 g/mol. The number of nitrogens with zero attached hydrogens (tertiary/aromatic N) is 1. The fraction of sp³-hybridized carbons (Fsp3) is 0.682. The van der Waals surface area contributed by atoms with Crippen LogP contribution >= 0.6 is 0 Å². The van der Waals surface area contributed by atoms with Crippen molar-refractivity contribution in [2.75, 3.05) is 13.2 Å². The molecule has 1 aromatic heterocycles. The Kier molecular flexibility index (Phi) is 6.48. The van der Waals surface area contributed by atoms with Crippen LogP contribution in [-0.4, -0.2) is 41.8 Å². The second kappa shape index (κ2) is 9.15. The van der Waals surface area contributed by atoms with Gasteiger partial charge in [0.25, 0.3) is 0 Å². The van der Waals surface area contributed by atoms with Crippen LogP contribution in [0.4, 0.5) is 18.0 Å². The molecule has 4 aliphatic carbocycles. The molecule has 1 aromatic rings. The SMILES string of the molecule is O=C(CCNC(=O)NC12CC3CC(CC(C3)C1)C2)NCc1ccnc(OCC(F)(F)F)c1. The zero-order valence-corrected chi connectivity index (χ0v) is 17.8. The number of hydrogen-bond acceptors (Lipinski definition) is 4. The number of pyridine rings is 1. The third kappa shape index (κ3) is 6.04. The van der Waals surface area contributed by atoms with E-state index in [1.54, 1.807) is 6.07 Å². The summed E-state index contributed by atoms with van der Waals surface area (Å²) in [7, 11) is 0. The van der Waals surface area contributed by atoms with E-state index < -0.39 is 12.8 Å². The molecule has 0 atom stereocenters. The third-order valence-corrected chi connectivity index (χ3v) is 6.73. The van der Waals surface area contributed by atoms with E-state index in [4.69, 9.17) is 0 Å². The molecular formula is C22H29F3N4O3. The van der Waals surface area contributed by atoms with Gasteiger partial charge in [-0.3, -0.25) is 4.79 Å². The Balaban J connectivity index is 1.15. The number of carbonyl (C=O) groups excluding carboxylic acids is 2. The molecule has 0 aromatic carbocycles. The Labute approximate surface area is 184 Å². The summed E-state index contributed by atoms with van der Waals surface area (Å²) in [6.45, 7) is -1.09. The molecule has 4 fully saturated rings. The highest BCUT2D eigenvalue weighted by Crippen LogP contribution is 2.55. The lowest BCUT2D eigenvalue weighted by atomic mass is 9.53. The normalized spacial score (nSPS) is 28.3. The van der Waals surface area contributed by atoms with Crippen molar-refractivity contribution < 1.29 is 27.5 Å². The van der Waals surface area contributed by atoms with Gasteiger partial charge >= 0.3 is 12.2 Å². The fourth-order valence-electron chi connectivity index (χ4n) is 5.92. The number of nitrogens with one attached hydrogen (secondary N) is 3. The van der Waals surface area contributed by atoms with Gasteiger partial charge in [-0.05, 0) is 67.9 Å². The molecule has 0 aliphatic heterocycles. The molecule has 32 heavy (non-hydrogen) atoms. The molecule has 10 heteroatoms. The summed E-state index contributed by atoms with van der Waals surface area (Å²) in [4.78, 5) is 28.2. The van der Waals surface area contributed by atoms with E-state index in [0.717, 1.165) is 37.0 Å². The van der Waals surface area contributed by atoms with Crippen LogP contribution in [0.2, 0.25) is 0 Å². The third-order valence-electron chi connectivity index (χ3n) is 6.73. The molecule has 7 nitrogen and oxygen atoms in total. The maximum atomic E-state index is 12.4. The van der Waals surface area contributed by atoms with Crippen LogP contribution in [0.5, 0.6) is 5.88 Å². The standard InChI is InChI=1S/C22H29F3N4O3/c23-22(24,25)13-32-19-8-14(1-3-26-19)12-28-18(30)2-4-27-20(31)29-21-9-15-5-16(10-21)7-17(6-15)11-21/h1,3,8,15-17H,2,4-7,9-13H2,(H,28,30)(H2,27,29,31). The van der Waals surface area contributed by atoms with Crippen LogP contribution in [0.3, 0.4) is 0 Å². The van der Waals surface area contributed by atoms with Crippen LogP contribution in [-0.2, 0) is 11.3 Å². The number of amides is 3. The molecule has 4 aliphatic rings. The molecule has 176 valence electrons. The summed E-state index contributed by atoms with van der Waals surface area (Å²) in [6, 6.07) is 2.71. The van der Waals surface area contributed by atoms with Gasteiger partial charge in [-0.15, -0.1) is 0 Å². The van der Waals surface area contributed by atoms with Crippen molar-refractivity contribution in [1.82, 2.24) is 20.9 Å². The van der Waals surface area contributed by atoms with Crippen molar-refractivity contribution in [3.63, 3.8) is 0 Å². The van der Waals surface area contributed by atoms with Crippen LogP contribution < -0.4 is 20.7 Å². The number of alkyl halides is 3. The van der Waals surface area contributed by atoms with Crippen LogP contribution in [0, 0.1) is 17.8 Å². The minimum atomic E-state index is -4.44. The maximum absolute atomic E-state index is 12.4. The van der Waals surface area contributed by atoms with Gasteiger partial charge in [0.2, 0.25) is 11.8 Å². The molecule has 0 spiro atoms. The Morgan fingerprint density at radius 1 is 1.09 bits per heavy atom. The largest absolute Gasteiger partial charge is 0.468 e. The van der Waals surface area contributed by atoms with Crippen molar-refractivity contribution in [2.45, 2.75) is 63.2 Å². The fourth-order valence-corrected chi connectivity index (χ4v) is 5.92. The first kappa shape index (κ1) is 22.7. The highest BCUT2D eigenvalue weighted by Gasteiger charge is 2.51. The first-order chi connectivity index (χ1) is 15.2. The van der Waals surface area contributed by atoms with Gasteiger partial charge in [-0.2, -0.15) is 13.2 Å². The summed E-state index contributed by atoms with van der Waals surface area (Å²) in [5.74, 6) is 1.78. The Bertz CT molecular complexity index is 811. The number of halogens is 3. The molecule has 4 saturated carbocycles. The van der Waals surface area contributed by atoms with Crippen LogP contribution in [0.25, 0.3) is 0 Å². The Hall–Kier alpha value is -2.52. The second-order valence-electron chi connectivity index (χ2n) is 9.51. The molecule has 0 radical (unpaired) electrons. The molecule has 3 N–H and O–H groups in total. The van der Waals surface area contributed by atoms with E-state index in [2.05, 4.69) is 25.7 Å².